The highest BCUT2D eigenvalue weighted by Crippen LogP contribution is 2.03. The van der Waals surface area contributed by atoms with Gasteiger partial charge in [-0.3, -0.25) is 4.79 Å². The van der Waals surface area contributed by atoms with Gasteiger partial charge in [0.05, 0.1) is 0 Å². The number of nitrogens with one attached hydrogen (secondary N) is 1. The average molecular weight is 257 g/mol. The Bertz CT molecular complexity index is 543. The summed E-state index contributed by atoms with van der Waals surface area (Å²) in [5.74, 6) is 1.03. The monoisotopic (exact) mass is 257 g/mol. The lowest BCUT2D eigenvalue weighted by Gasteiger charge is -2.05. The minimum atomic E-state index is -0.0140. The molecule has 0 saturated heterocycles. The quantitative estimate of drug-likeness (QED) is 0.834. The summed E-state index contributed by atoms with van der Waals surface area (Å²) in [4.78, 5) is 16.1. The molecule has 19 heavy (non-hydrogen) atoms. The van der Waals surface area contributed by atoms with E-state index in [1.165, 1.54) is 0 Å². The maximum atomic E-state index is 11.9. The topological polar surface area (TPSA) is 46.9 Å². The number of hydrogen-bond donors (Lipinski definition) is 1. The molecule has 0 aliphatic heterocycles. The van der Waals surface area contributed by atoms with Gasteiger partial charge in [-0.25, -0.2) is 4.98 Å². The van der Waals surface area contributed by atoms with E-state index in [-0.39, 0.29) is 5.91 Å². The van der Waals surface area contributed by atoms with E-state index < -0.39 is 0 Å². The number of aromatic nitrogens is 2. The van der Waals surface area contributed by atoms with E-state index in [1.807, 2.05) is 49.0 Å². The minimum absolute atomic E-state index is 0.0140. The van der Waals surface area contributed by atoms with Crippen LogP contribution in [-0.2, 0) is 13.5 Å². The molecule has 4 heteroatoms. The third-order valence-electron chi connectivity index (χ3n) is 3.10. The molecule has 1 amide bonds. The summed E-state index contributed by atoms with van der Waals surface area (Å²) >= 11 is 0. The van der Waals surface area contributed by atoms with E-state index in [0.717, 1.165) is 24.2 Å². The van der Waals surface area contributed by atoms with Crippen molar-refractivity contribution >= 4 is 5.91 Å². The number of rotatable bonds is 5. The van der Waals surface area contributed by atoms with Crippen LogP contribution in [0.1, 0.15) is 28.2 Å². The van der Waals surface area contributed by atoms with Gasteiger partial charge in [0.15, 0.2) is 0 Å². The van der Waals surface area contributed by atoms with E-state index in [9.17, 15) is 4.79 Å². The summed E-state index contributed by atoms with van der Waals surface area (Å²) in [5, 5.41) is 2.92. The van der Waals surface area contributed by atoms with Crippen molar-refractivity contribution in [3.8, 4) is 0 Å². The van der Waals surface area contributed by atoms with Gasteiger partial charge in [0.2, 0.25) is 0 Å². The molecular weight excluding hydrogens is 238 g/mol. The van der Waals surface area contributed by atoms with Gasteiger partial charge in [-0.05, 0) is 25.5 Å². The van der Waals surface area contributed by atoms with Crippen molar-refractivity contribution in [2.75, 3.05) is 6.54 Å². The Labute approximate surface area is 113 Å². The van der Waals surface area contributed by atoms with Crippen molar-refractivity contribution in [3.05, 3.63) is 53.6 Å². The maximum absolute atomic E-state index is 11.9. The molecular formula is C15H19N3O. The Morgan fingerprint density at radius 2 is 2.05 bits per heavy atom. The predicted molar refractivity (Wildman–Crippen MR) is 75.0 cm³/mol. The van der Waals surface area contributed by atoms with Crippen molar-refractivity contribution < 1.29 is 4.79 Å². The fourth-order valence-corrected chi connectivity index (χ4v) is 1.89. The van der Waals surface area contributed by atoms with Crippen LogP contribution in [0, 0.1) is 6.92 Å². The molecule has 0 spiro atoms. The first-order valence-electron chi connectivity index (χ1n) is 6.48. The second-order valence-corrected chi connectivity index (χ2v) is 4.68. The van der Waals surface area contributed by atoms with Crippen LogP contribution < -0.4 is 5.32 Å². The Kier molecular flexibility index (Phi) is 4.34. The van der Waals surface area contributed by atoms with E-state index in [1.54, 1.807) is 6.20 Å². The zero-order valence-corrected chi connectivity index (χ0v) is 11.4. The molecule has 1 heterocycles. The molecule has 4 nitrogen and oxygen atoms in total. The minimum Gasteiger partial charge on any atom is -0.352 e. The Morgan fingerprint density at radius 3 is 2.68 bits per heavy atom. The van der Waals surface area contributed by atoms with Crippen LogP contribution in [0.4, 0.5) is 0 Å². The number of carbonyl (C=O) groups is 1. The van der Waals surface area contributed by atoms with Crippen LogP contribution in [0.3, 0.4) is 0 Å². The van der Waals surface area contributed by atoms with Gasteiger partial charge in [0, 0.05) is 38.0 Å². The maximum Gasteiger partial charge on any atom is 0.251 e. The fourth-order valence-electron chi connectivity index (χ4n) is 1.89. The van der Waals surface area contributed by atoms with Gasteiger partial charge in [0.1, 0.15) is 5.82 Å². The standard InChI is InChI=1S/C15H19N3O/c1-12-5-7-13(8-6-12)15(19)17-9-3-4-14-16-10-11-18(14)2/h5-8,10-11H,3-4,9H2,1-2H3,(H,17,19). The summed E-state index contributed by atoms with van der Waals surface area (Å²) in [7, 11) is 1.98. The summed E-state index contributed by atoms with van der Waals surface area (Å²) in [5.41, 5.74) is 1.87. The number of amides is 1. The van der Waals surface area contributed by atoms with Crippen LogP contribution in [0.15, 0.2) is 36.7 Å². The van der Waals surface area contributed by atoms with E-state index >= 15 is 0 Å². The molecule has 0 atom stereocenters. The molecule has 0 aliphatic carbocycles. The number of imidazole rings is 1. The van der Waals surface area contributed by atoms with Gasteiger partial charge in [-0.15, -0.1) is 0 Å². The molecule has 1 N–H and O–H groups in total. The molecule has 0 unspecified atom stereocenters. The van der Waals surface area contributed by atoms with Gasteiger partial charge in [-0.1, -0.05) is 17.7 Å². The lowest BCUT2D eigenvalue weighted by Crippen LogP contribution is -2.24. The highest BCUT2D eigenvalue weighted by atomic mass is 16.1. The van der Waals surface area contributed by atoms with E-state index in [4.69, 9.17) is 0 Å². The van der Waals surface area contributed by atoms with Crippen molar-refractivity contribution in [2.24, 2.45) is 7.05 Å². The Balaban J connectivity index is 1.75. The number of nitrogens with zero attached hydrogens (tertiary/aromatic N) is 2. The summed E-state index contributed by atoms with van der Waals surface area (Å²) in [6.07, 6.45) is 5.49. The van der Waals surface area contributed by atoms with Crippen molar-refractivity contribution in [3.63, 3.8) is 0 Å². The summed E-state index contributed by atoms with van der Waals surface area (Å²) in [6.45, 7) is 2.67. The normalized spacial score (nSPS) is 10.4. The van der Waals surface area contributed by atoms with Crippen LogP contribution >= 0.6 is 0 Å². The molecule has 1 aromatic carbocycles. The van der Waals surface area contributed by atoms with Gasteiger partial charge in [-0.2, -0.15) is 0 Å². The molecule has 0 aliphatic rings. The molecule has 0 radical (unpaired) electrons. The van der Waals surface area contributed by atoms with Gasteiger partial charge < -0.3 is 9.88 Å². The van der Waals surface area contributed by atoms with Crippen LogP contribution in [0.25, 0.3) is 0 Å². The summed E-state index contributed by atoms with van der Waals surface area (Å²) < 4.78 is 2.00. The van der Waals surface area contributed by atoms with Crippen molar-refractivity contribution in [1.82, 2.24) is 14.9 Å². The number of aryl methyl sites for hydroxylation is 3. The summed E-state index contributed by atoms with van der Waals surface area (Å²) in [6, 6.07) is 7.60. The van der Waals surface area contributed by atoms with Crippen LogP contribution in [0.5, 0.6) is 0 Å². The first kappa shape index (κ1) is 13.3. The lowest BCUT2D eigenvalue weighted by atomic mass is 10.1. The third-order valence-corrected chi connectivity index (χ3v) is 3.10. The number of hydrogen-bond acceptors (Lipinski definition) is 2. The second kappa shape index (κ2) is 6.18. The highest BCUT2D eigenvalue weighted by Gasteiger charge is 2.04. The highest BCUT2D eigenvalue weighted by molar-refractivity contribution is 5.94. The predicted octanol–water partition coefficient (Wildman–Crippen LogP) is 2.09. The fraction of sp³-hybridized carbons (Fsp3) is 0.333. The lowest BCUT2D eigenvalue weighted by molar-refractivity contribution is 0.0953. The van der Waals surface area contributed by atoms with Gasteiger partial charge >= 0.3 is 0 Å². The molecule has 0 bridgehead atoms. The van der Waals surface area contributed by atoms with E-state index in [0.29, 0.717) is 12.1 Å². The van der Waals surface area contributed by atoms with Crippen LogP contribution in [0.2, 0.25) is 0 Å². The van der Waals surface area contributed by atoms with Crippen molar-refractivity contribution in [1.29, 1.82) is 0 Å². The Hall–Kier alpha value is -2.10. The number of carbonyl (C=O) groups excluding carboxylic acids is 1. The molecule has 2 rings (SSSR count). The molecule has 0 fully saturated rings. The van der Waals surface area contributed by atoms with Gasteiger partial charge in [0.25, 0.3) is 5.91 Å². The third kappa shape index (κ3) is 3.68. The largest absolute Gasteiger partial charge is 0.352 e. The first-order valence-corrected chi connectivity index (χ1v) is 6.48. The zero-order valence-electron chi connectivity index (χ0n) is 11.4. The zero-order chi connectivity index (χ0) is 13.7. The smallest absolute Gasteiger partial charge is 0.251 e. The molecule has 1 aromatic heterocycles. The SMILES string of the molecule is Cc1ccc(C(=O)NCCCc2nccn2C)cc1. The second-order valence-electron chi connectivity index (χ2n) is 4.68. The molecule has 0 saturated carbocycles. The Morgan fingerprint density at radius 1 is 1.32 bits per heavy atom. The first-order chi connectivity index (χ1) is 9.16. The molecule has 100 valence electrons. The van der Waals surface area contributed by atoms with E-state index in [2.05, 4.69) is 10.3 Å². The molecule has 2 aromatic rings. The number of benzene rings is 1. The van der Waals surface area contributed by atoms with Crippen molar-refractivity contribution in [2.45, 2.75) is 19.8 Å². The average Bonchev–Trinajstić information content (AvgIpc) is 2.81. The van der Waals surface area contributed by atoms with Crippen LogP contribution in [-0.4, -0.2) is 22.0 Å².